The minimum Gasteiger partial charge on any atom is -0.480 e. The second-order valence-electron chi connectivity index (χ2n) is 4.85. The molecule has 0 spiro atoms. The first-order valence-corrected chi connectivity index (χ1v) is 6.09. The zero-order valence-electron chi connectivity index (χ0n) is 11.3. The van der Waals surface area contributed by atoms with Crippen LogP contribution in [0.3, 0.4) is 0 Å². The number of ether oxygens (including phenoxy) is 2. The van der Waals surface area contributed by atoms with Crippen molar-refractivity contribution in [3.8, 4) is 0 Å². The number of carboxylic acids is 1. The molecule has 1 aliphatic heterocycles. The molecule has 1 aromatic rings. The fraction of sp³-hybridized carbons (Fsp3) is 0.462. The molecule has 20 heavy (non-hydrogen) atoms. The summed E-state index contributed by atoms with van der Waals surface area (Å²) in [6, 6.07) is 3.30. The maximum atomic E-state index is 11.7. The first-order valence-electron chi connectivity index (χ1n) is 6.09. The molecule has 1 aliphatic rings. The van der Waals surface area contributed by atoms with Gasteiger partial charge >= 0.3 is 11.9 Å². The number of pyridine rings is 1. The van der Waals surface area contributed by atoms with Gasteiger partial charge in [0.05, 0.1) is 20.2 Å². The Morgan fingerprint density at radius 3 is 2.80 bits per heavy atom. The second-order valence-corrected chi connectivity index (χ2v) is 4.85. The summed E-state index contributed by atoms with van der Waals surface area (Å²) >= 11 is 0. The number of nitrogens with zero attached hydrogens (tertiary/aromatic N) is 2. The fourth-order valence-corrected chi connectivity index (χ4v) is 2.16. The van der Waals surface area contributed by atoms with Gasteiger partial charge in [-0.25, -0.2) is 14.6 Å². The van der Waals surface area contributed by atoms with Gasteiger partial charge in [0.1, 0.15) is 23.6 Å². The quantitative estimate of drug-likeness (QED) is 0.788. The molecule has 1 aromatic heterocycles. The summed E-state index contributed by atoms with van der Waals surface area (Å²) in [5, 5.41) is 8.62. The van der Waals surface area contributed by atoms with Gasteiger partial charge in [-0.05, 0) is 19.1 Å². The molecule has 0 amide bonds. The van der Waals surface area contributed by atoms with E-state index in [-0.39, 0.29) is 6.61 Å². The third-order valence-electron chi connectivity index (χ3n) is 3.09. The predicted octanol–water partition coefficient (Wildman–Crippen LogP) is 0.548. The van der Waals surface area contributed by atoms with E-state index < -0.39 is 17.5 Å². The van der Waals surface area contributed by atoms with Crippen molar-refractivity contribution in [2.24, 2.45) is 0 Å². The van der Waals surface area contributed by atoms with Crippen LogP contribution in [-0.2, 0) is 14.3 Å². The number of aromatic nitrogens is 1. The van der Waals surface area contributed by atoms with Gasteiger partial charge in [0.15, 0.2) is 0 Å². The van der Waals surface area contributed by atoms with E-state index in [9.17, 15) is 9.59 Å². The van der Waals surface area contributed by atoms with Gasteiger partial charge in [-0.1, -0.05) is 0 Å². The van der Waals surface area contributed by atoms with E-state index in [2.05, 4.69) is 4.98 Å². The van der Waals surface area contributed by atoms with E-state index >= 15 is 0 Å². The van der Waals surface area contributed by atoms with Gasteiger partial charge < -0.3 is 19.5 Å². The molecule has 7 heteroatoms. The Balaban J connectivity index is 2.06. The third-order valence-corrected chi connectivity index (χ3v) is 3.09. The highest BCUT2D eigenvalue weighted by atomic mass is 16.5. The summed E-state index contributed by atoms with van der Waals surface area (Å²) in [5.74, 6) is -0.929. The summed E-state index contributed by atoms with van der Waals surface area (Å²) in [6.07, 6.45) is 1.59. The maximum Gasteiger partial charge on any atom is 0.341 e. The maximum absolute atomic E-state index is 11.7. The molecule has 0 aromatic carbocycles. The lowest BCUT2D eigenvalue weighted by Crippen LogP contribution is -2.62. The summed E-state index contributed by atoms with van der Waals surface area (Å²) in [5.41, 5.74) is -0.154. The van der Waals surface area contributed by atoms with E-state index in [1.54, 1.807) is 18.3 Å². The van der Waals surface area contributed by atoms with E-state index in [0.717, 1.165) is 0 Å². The molecule has 108 valence electrons. The zero-order valence-corrected chi connectivity index (χ0v) is 11.3. The third kappa shape index (κ3) is 2.88. The summed E-state index contributed by atoms with van der Waals surface area (Å²) < 4.78 is 10.0. The molecule has 0 atom stereocenters. The molecule has 0 bridgehead atoms. The van der Waals surface area contributed by atoms with Crippen molar-refractivity contribution < 1.29 is 24.2 Å². The number of aliphatic carboxylic acids is 1. The van der Waals surface area contributed by atoms with Crippen molar-refractivity contribution in [1.82, 2.24) is 4.98 Å². The van der Waals surface area contributed by atoms with E-state index in [0.29, 0.717) is 24.5 Å². The van der Waals surface area contributed by atoms with Crippen LogP contribution in [0.2, 0.25) is 0 Å². The number of carbonyl (C=O) groups is 2. The van der Waals surface area contributed by atoms with Crippen LogP contribution in [0.25, 0.3) is 0 Å². The average molecular weight is 280 g/mol. The molecule has 0 aliphatic carbocycles. The van der Waals surface area contributed by atoms with E-state index in [1.807, 2.05) is 11.8 Å². The average Bonchev–Trinajstić information content (AvgIpc) is 2.41. The second kappa shape index (κ2) is 5.46. The van der Waals surface area contributed by atoms with Crippen LogP contribution in [0.15, 0.2) is 18.3 Å². The molecule has 0 unspecified atom stereocenters. The van der Waals surface area contributed by atoms with Crippen molar-refractivity contribution in [1.29, 1.82) is 0 Å². The highest BCUT2D eigenvalue weighted by molar-refractivity contribution is 5.94. The molecule has 1 N–H and O–H groups in total. The molecule has 1 saturated heterocycles. The van der Waals surface area contributed by atoms with Crippen LogP contribution in [-0.4, -0.2) is 54.4 Å². The van der Waals surface area contributed by atoms with Crippen molar-refractivity contribution in [3.63, 3.8) is 0 Å². The van der Waals surface area contributed by atoms with Crippen molar-refractivity contribution >= 4 is 17.8 Å². The molecule has 2 rings (SSSR count). The number of anilines is 1. The summed E-state index contributed by atoms with van der Waals surface area (Å²) in [6.45, 7) is 2.44. The number of carboxylic acid groups (broad SMARTS) is 1. The van der Waals surface area contributed by atoms with Crippen LogP contribution >= 0.6 is 0 Å². The summed E-state index contributed by atoms with van der Waals surface area (Å²) in [4.78, 5) is 28.2. The lowest BCUT2D eigenvalue weighted by atomic mass is 9.95. The Kier molecular flexibility index (Phi) is 3.89. The first kappa shape index (κ1) is 14.3. The number of methoxy groups -OCH3 is 1. The Morgan fingerprint density at radius 1 is 1.50 bits per heavy atom. The smallest absolute Gasteiger partial charge is 0.341 e. The highest BCUT2D eigenvalue weighted by Gasteiger charge is 2.42. The number of rotatable bonds is 5. The largest absolute Gasteiger partial charge is 0.480 e. The highest BCUT2D eigenvalue weighted by Crippen LogP contribution is 2.31. The Morgan fingerprint density at radius 2 is 2.20 bits per heavy atom. The molecular weight excluding hydrogens is 264 g/mol. The number of hydrogen-bond acceptors (Lipinski definition) is 6. The van der Waals surface area contributed by atoms with Crippen LogP contribution in [0, 0.1) is 0 Å². The standard InChI is InChI=1S/C13H16N2O5/c1-13(20-6-10(16)17)7-15(8-13)11-9(12(18)19-2)4-3-5-14-11/h3-5H,6-8H2,1-2H3,(H,16,17). The minimum absolute atomic E-state index is 0.337. The van der Waals surface area contributed by atoms with Gasteiger partial charge in [-0.2, -0.15) is 0 Å². The SMILES string of the molecule is COC(=O)c1cccnc1N1CC(C)(OCC(=O)O)C1. The van der Waals surface area contributed by atoms with Gasteiger partial charge in [0.2, 0.25) is 0 Å². The van der Waals surface area contributed by atoms with Crippen molar-refractivity contribution in [3.05, 3.63) is 23.9 Å². The Labute approximate surface area is 116 Å². The van der Waals surface area contributed by atoms with Crippen LogP contribution in [0.5, 0.6) is 0 Å². The molecule has 7 nitrogen and oxygen atoms in total. The topological polar surface area (TPSA) is 89.0 Å². The van der Waals surface area contributed by atoms with Gasteiger partial charge in [0, 0.05) is 6.20 Å². The van der Waals surface area contributed by atoms with Gasteiger partial charge in [-0.15, -0.1) is 0 Å². The number of carbonyl (C=O) groups excluding carboxylic acids is 1. The first-order chi connectivity index (χ1) is 9.45. The van der Waals surface area contributed by atoms with E-state index in [4.69, 9.17) is 14.6 Å². The van der Waals surface area contributed by atoms with Gasteiger partial charge in [-0.3, -0.25) is 0 Å². The lowest BCUT2D eigenvalue weighted by Gasteiger charge is -2.48. The number of hydrogen-bond donors (Lipinski definition) is 1. The van der Waals surface area contributed by atoms with Crippen molar-refractivity contribution in [2.75, 3.05) is 31.7 Å². The summed E-state index contributed by atoms with van der Waals surface area (Å²) in [7, 11) is 1.31. The minimum atomic E-state index is -1.00. The van der Waals surface area contributed by atoms with Crippen LogP contribution in [0.1, 0.15) is 17.3 Å². The number of esters is 1. The van der Waals surface area contributed by atoms with E-state index in [1.165, 1.54) is 7.11 Å². The molecule has 0 saturated carbocycles. The fourth-order valence-electron chi connectivity index (χ4n) is 2.16. The molecule has 0 radical (unpaired) electrons. The Hall–Kier alpha value is -2.15. The van der Waals surface area contributed by atoms with Gasteiger partial charge in [0.25, 0.3) is 0 Å². The van der Waals surface area contributed by atoms with Crippen molar-refractivity contribution in [2.45, 2.75) is 12.5 Å². The predicted molar refractivity (Wildman–Crippen MR) is 69.8 cm³/mol. The molecule has 1 fully saturated rings. The lowest BCUT2D eigenvalue weighted by molar-refractivity contribution is -0.150. The molecular formula is C13H16N2O5. The monoisotopic (exact) mass is 280 g/mol. The zero-order chi connectivity index (χ0) is 14.8. The van der Waals surface area contributed by atoms with Crippen LogP contribution < -0.4 is 4.90 Å². The van der Waals surface area contributed by atoms with Crippen LogP contribution in [0.4, 0.5) is 5.82 Å². The normalized spacial score (nSPS) is 16.4. The Bertz CT molecular complexity index is 525. The molecule has 2 heterocycles.